The van der Waals surface area contributed by atoms with E-state index in [0.717, 1.165) is 0 Å². The number of fused-ring (bicyclic) bond motifs is 1. The highest BCUT2D eigenvalue weighted by molar-refractivity contribution is 5.96. The summed E-state index contributed by atoms with van der Waals surface area (Å²) in [5.74, 6) is -0.745. The normalized spacial score (nSPS) is 16.4. The smallest absolute Gasteiger partial charge is 0.410 e. The van der Waals surface area contributed by atoms with Crippen LogP contribution in [0, 0.1) is 0 Å². The largest absolute Gasteiger partial charge is 0.461 e. The number of ether oxygens (including phenoxy) is 2. The molecule has 1 saturated carbocycles. The molecule has 4 rings (SSSR count). The molecule has 3 heterocycles. The van der Waals surface area contributed by atoms with Crippen LogP contribution in [-0.4, -0.2) is 73.3 Å². The highest BCUT2D eigenvalue weighted by atomic mass is 16.6. The van der Waals surface area contributed by atoms with Crippen LogP contribution in [-0.2, 0) is 28.1 Å². The van der Waals surface area contributed by atoms with Crippen LogP contribution >= 0.6 is 0 Å². The van der Waals surface area contributed by atoms with Gasteiger partial charge in [0.05, 0.1) is 48.4 Å². The van der Waals surface area contributed by atoms with Gasteiger partial charge in [0.1, 0.15) is 11.9 Å². The Morgan fingerprint density at radius 3 is 2.56 bits per heavy atom. The van der Waals surface area contributed by atoms with Crippen molar-refractivity contribution in [3.8, 4) is 0 Å². The molecule has 0 unspecified atom stereocenters. The first-order valence-corrected chi connectivity index (χ1v) is 11.4. The van der Waals surface area contributed by atoms with Crippen molar-refractivity contribution >= 4 is 18.0 Å². The van der Waals surface area contributed by atoms with Gasteiger partial charge in [-0.25, -0.2) is 19.6 Å². The van der Waals surface area contributed by atoms with Crippen LogP contribution < -0.4 is 0 Å². The van der Waals surface area contributed by atoms with Gasteiger partial charge in [0.25, 0.3) is 5.91 Å². The summed E-state index contributed by atoms with van der Waals surface area (Å²) in [4.78, 5) is 49.9. The van der Waals surface area contributed by atoms with E-state index in [1.165, 1.54) is 6.33 Å². The summed E-state index contributed by atoms with van der Waals surface area (Å²) in [6.07, 6.45) is 3.87. The lowest BCUT2D eigenvalue weighted by atomic mass is 10.1. The van der Waals surface area contributed by atoms with Crippen molar-refractivity contribution in [2.45, 2.75) is 64.8 Å². The van der Waals surface area contributed by atoms with Crippen molar-refractivity contribution in [3.05, 3.63) is 41.2 Å². The first-order valence-electron chi connectivity index (χ1n) is 11.4. The zero-order valence-corrected chi connectivity index (χ0v) is 20.2. The molecule has 182 valence electrons. The van der Waals surface area contributed by atoms with E-state index in [1.54, 1.807) is 40.7 Å². The highest BCUT2D eigenvalue weighted by Crippen LogP contribution is 2.50. The minimum atomic E-state index is -0.629. The summed E-state index contributed by atoms with van der Waals surface area (Å²) in [6, 6.07) is 1.59. The maximum Gasteiger partial charge on any atom is 0.410 e. The number of carbonyl (C=O) groups is 3. The molecule has 0 saturated heterocycles. The van der Waals surface area contributed by atoms with Crippen LogP contribution in [0.1, 0.15) is 72.8 Å². The second kappa shape index (κ2) is 8.69. The van der Waals surface area contributed by atoms with Crippen molar-refractivity contribution in [2.24, 2.45) is 0 Å². The first-order chi connectivity index (χ1) is 16.1. The van der Waals surface area contributed by atoms with E-state index in [1.807, 2.05) is 20.8 Å². The number of esters is 1. The molecular formula is C23H30N6O5. The Morgan fingerprint density at radius 1 is 1.18 bits per heavy atom. The van der Waals surface area contributed by atoms with Gasteiger partial charge in [0.2, 0.25) is 0 Å². The van der Waals surface area contributed by atoms with E-state index < -0.39 is 23.2 Å². The third-order valence-corrected chi connectivity index (χ3v) is 6.05. The molecule has 2 aromatic rings. The topological polar surface area (TPSA) is 120 Å². The molecule has 11 heteroatoms. The molecule has 2 amide bonds. The summed E-state index contributed by atoms with van der Waals surface area (Å²) < 4.78 is 12.3. The number of rotatable bonds is 5. The fourth-order valence-electron chi connectivity index (χ4n) is 4.09. The monoisotopic (exact) mass is 470 g/mol. The van der Waals surface area contributed by atoms with Crippen molar-refractivity contribution in [1.29, 1.82) is 0 Å². The number of aromatic nitrogens is 4. The maximum atomic E-state index is 13.6. The molecule has 11 nitrogen and oxygen atoms in total. The van der Waals surface area contributed by atoms with Crippen molar-refractivity contribution in [1.82, 2.24) is 29.5 Å². The van der Waals surface area contributed by atoms with Crippen LogP contribution in [0.4, 0.5) is 4.79 Å². The second-order valence-corrected chi connectivity index (χ2v) is 9.53. The van der Waals surface area contributed by atoms with E-state index in [0.29, 0.717) is 42.9 Å². The van der Waals surface area contributed by atoms with Gasteiger partial charge < -0.3 is 19.3 Å². The summed E-state index contributed by atoms with van der Waals surface area (Å²) in [5.41, 5.74) is 0.621. The average Bonchev–Trinajstić information content (AvgIpc) is 3.50. The Balaban J connectivity index is 1.55. The summed E-state index contributed by atoms with van der Waals surface area (Å²) in [7, 11) is 1.72. The van der Waals surface area contributed by atoms with Crippen molar-refractivity contribution in [3.63, 3.8) is 0 Å². The fourth-order valence-corrected chi connectivity index (χ4v) is 4.09. The zero-order valence-electron chi connectivity index (χ0n) is 20.2. The standard InChI is InChI=1S/C23H30N6O5/c1-6-33-20(31)16-11-18(25-14-24-16)23(7-8-23)27(5)19(30)15-12-26-29-10-9-28(13-17(15)29)21(32)34-22(2,3)4/h11-12,14H,6-10,13H2,1-5H3. The van der Waals surface area contributed by atoms with Crippen molar-refractivity contribution < 1.29 is 23.9 Å². The molecule has 0 N–H and O–H groups in total. The fraction of sp³-hybridized carbons (Fsp3) is 0.565. The molecule has 0 atom stereocenters. The predicted octanol–water partition coefficient (Wildman–Crippen LogP) is 2.36. The van der Waals surface area contributed by atoms with E-state index in [9.17, 15) is 14.4 Å². The lowest BCUT2D eigenvalue weighted by molar-refractivity contribution is 0.0192. The Kier molecular flexibility index (Phi) is 6.05. The minimum absolute atomic E-state index is 0.162. The van der Waals surface area contributed by atoms with Crippen LogP contribution in [0.25, 0.3) is 0 Å². The van der Waals surface area contributed by atoms with E-state index in [-0.39, 0.29) is 24.8 Å². The number of hydrogen-bond donors (Lipinski definition) is 0. The molecule has 2 aromatic heterocycles. The van der Waals surface area contributed by atoms with Gasteiger partial charge in [0.15, 0.2) is 5.69 Å². The van der Waals surface area contributed by atoms with Gasteiger partial charge in [-0.15, -0.1) is 0 Å². The first kappa shape index (κ1) is 23.7. The van der Waals surface area contributed by atoms with Gasteiger partial charge >= 0.3 is 12.1 Å². The van der Waals surface area contributed by atoms with Crippen LogP contribution in [0.3, 0.4) is 0 Å². The second-order valence-electron chi connectivity index (χ2n) is 9.53. The minimum Gasteiger partial charge on any atom is -0.461 e. The third-order valence-electron chi connectivity index (χ3n) is 6.05. The predicted molar refractivity (Wildman–Crippen MR) is 120 cm³/mol. The van der Waals surface area contributed by atoms with Gasteiger partial charge in [-0.05, 0) is 46.6 Å². The molecule has 0 spiro atoms. The zero-order chi connectivity index (χ0) is 24.7. The van der Waals surface area contributed by atoms with E-state index in [2.05, 4.69) is 15.1 Å². The molecule has 0 bridgehead atoms. The van der Waals surface area contributed by atoms with Gasteiger partial charge in [-0.2, -0.15) is 5.10 Å². The third kappa shape index (κ3) is 4.46. The molecule has 1 fully saturated rings. The van der Waals surface area contributed by atoms with Gasteiger partial charge in [0, 0.05) is 13.6 Å². The Hall–Kier alpha value is -3.50. The quantitative estimate of drug-likeness (QED) is 0.611. The molecular weight excluding hydrogens is 440 g/mol. The Labute approximate surface area is 198 Å². The van der Waals surface area contributed by atoms with Crippen LogP contribution in [0.2, 0.25) is 0 Å². The lowest BCUT2D eigenvalue weighted by Gasteiger charge is -2.32. The summed E-state index contributed by atoms with van der Waals surface area (Å²) in [5, 5.41) is 4.37. The number of carbonyl (C=O) groups excluding carboxylic acids is 3. The maximum absolute atomic E-state index is 13.6. The van der Waals surface area contributed by atoms with Crippen LogP contribution in [0.5, 0.6) is 0 Å². The number of amides is 2. The van der Waals surface area contributed by atoms with Gasteiger partial charge in [-0.1, -0.05) is 0 Å². The van der Waals surface area contributed by atoms with E-state index >= 15 is 0 Å². The van der Waals surface area contributed by atoms with E-state index in [4.69, 9.17) is 9.47 Å². The number of hydrogen-bond acceptors (Lipinski definition) is 8. The molecule has 0 radical (unpaired) electrons. The lowest BCUT2D eigenvalue weighted by Crippen LogP contribution is -2.43. The number of nitrogens with zero attached hydrogens (tertiary/aromatic N) is 6. The Morgan fingerprint density at radius 2 is 1.91 bits per heavy atom. The average molecular weight is 471 g/mol. The Bertz CT molecular complexity index is 1120. The summed E-state index contributed by atoms with van der Waals surface area (Å²) >= 11 is 0. The molecule has 1 aliphatic heterocycles. The summed E-state index contributed by atoms with van der Waals surface area (Å²) in [6.45, 7) is 8.59. The molecule has 2 aliphatic rings. The van der Waals surface area contributed by atoms with Crippen molar-refractivity contribution in [2.75, 3.05) is 20.2 Å². The molecule has 1 aliphatic carbocycles. The highest BCUT2D eigenvalue weighted by Gasteiger charge is 2.52. The van der Waals surface area contributed by atoms with Gasteiger partial charge in [-0.3, -0.25) is 9.48 Å². The molecule has 0 aromatic carbocycles. The van der Waals surface area contributed by atoms with Crippen LogP contribution in [0.15, 0.2) is 18.6 Å². The molecule has 34 heavy (non-hydrogen) atoms. The SMILES string of the molecule is CCOC(=O)c1cc(C2(N(C)C(=O)c3cnn4c3CN(C(=O)OC(C)(C)C)CC4)CC2)ncn1.